The van der Waals surface area contributed by atoms with Crippen molar-refractivity contribution in [2.45, 2.75) is 0 Å². The molecule has 1 N–H and O–H groups in total. The number of anilines is 1. The lowest BCUT2D eigenvalue weighted by atomic mass is 10.1. The van der Waals surface area contributed by atoms with Crippen LogP contribution in [0.3, 0.4) is 0 Å². The molecular weight excluding hydrogens is 262 g/mol. The number of amides is 1. The molecule has 0 fully saturated rings. The van der Waals surface area contributed by atoms with Crippen LogP contribution < -0.4 is 5.32 Å². The van der Waals surface area contributed by atoms with Crippen LogP contribution in [0.15, 0.2) is 67.6 Å². The molecule has 21 heavy (non-hydrogen) atoms. The molecule has 0 aliphatic rings. The Kier molecular flexibility index (Phi) is 3.43. The first-order valence-corrected chi connectivity index (χ1v) is 6.50. The van der Waals surface area contributed by atoms with E-state index >= 15 is 0 Å². The summed E-state index contributed by atoms with van der Waals surface area (Å²) in [5, 5.41) is 4.71. The van der Waals surface area contributed by atoms with E-state index in [0.29, 0.717) is 0 Å². The van der Waals surface area contributed by atoms with Gasteiger partial charge in [-0.25, -0.2) is 0 Å². The van der Waals surface area contributed by atoms with Crippen molar-refractivity contribution in [3.63, 3.8) is 0 Å². The van der Waals surface area contributed by atoms with Crippen LogP contribution in [0, 0.1) is 0 Å². The third kappa shape index (κ3) is 2.65. The number of hydrogen-bond donors (Lipinski definition) is 1. The molecule has 4 heteroatoms. The zero-order chi connectivity index (χ0) is 14.7. The predicted octanol–water partition coefficient (Wildman–Crippen LogP) is 3.42. The highest BCUT2D eigenvalue weighted by molar-refractivity contribution is 6.06. The zero-order valence-corrected chi connectivity index (χ0v) is 11.3. The average molecular weight is 275 g/mol. The molecule has 0 radical (unpaired) electrons. The van der Waals surface area contributed by atoms with Crippen molar-refractivity contribution in [3.8, 4) is 11.3 Å². The minimum absolute atomic E-state index is 0.234. The highest BCUT2D eigenvalue weighted by Crippen LogP contribution is 2.27. The van der Waals surface area contributed by atoms with E-state index in [0.717, 1.165) is 27.7 Å². The molecule has 2 heterocycles. The van der Waals surface area contributed by atoms with Gasteiger partial charge in [-0.2, -0.15) is 0 Å². The number of carbonyl (C=O) groups is 1. The van der Waals surface area contributed by atoms with Crippen LogP contribution in [-0.4, -0.2) is 15.9 Å². The van der Waals surface area contributed by atoms with Crippen LogP contribution >= 0.6 is 0 Å². The van der Waals surface area contributed by atoms with E-state index in [1.165, 1.54) is 6.08 Å². The molecule has 3 aromatic rings. The molecule has 0 saturated carbocycles. The molecule has 0 spiro atoms. The second-order valence-corrected chi connectivity index (χ2v) is 4.53. The first kappa shape index (κ1) is 13.0. The lowest BCUT2D eigenvalue weighted by Gasteiger charge is -2.08. The van der Waals surface area contributed by atoms with Gasteiger partial charge < -0.3 is 5.32 Å². The maximum atomic E-state index is 11.5. The summed E-state index contributed by atoms with van der Waals surface area (Å²) in [7, 11) is 0. The van der Waals surface area contributed by atoms with Crippen molar-refractivity contribution in [3.05, 3.63) is 67.6 Å². The van der Waals surface area contributed by atoms with Crippen molar-refractivity contribution in [2.75, 3.05) is 5.32 Å². The lowest BCUT2D eigenvalue weighted by Crippen LogP contribution is -2.07. The number of hydrogen-bond acceptors (Lipinski definition) is 3. The van der Waals surface area contributed by atoms with Crippen molar-refractivity contribution in [2.24, 2.45) is 0 Å². The quantitative estimate of drug-likeness (QED) is 0.745. The topological polar surface area (TPSA) is 54.9 Å². The SMILES string of the molecule is C=CC(=O)Nc1cccc2cnc(-c3cccnc3)cc12. The molecule has 1 aromatic carbocycles. The predicted molar refractivity (Wildman–Crippen MR) is 83.8 cm³/mol. The smallest absolute Gasteiger partial charge is 0.247 e. The monoisotopic (exact) mass is 275 g/mol. The van der Waals surface area contributed by atoms with Gasteiger partial charge in [-0.3, -0.25) is 14.8 Å². The van der Waals surface area contributed by atoms with Gasteiger partial charge in [0.25, 0.3) is 0 Å². The summed E-state index contributed by atoms with van der Waals surface area (Å²) in [6, 6.07) is 11.5. The molecule has 102 valence electrons. The Morgan fingerprint density at radius 1 is 1.19 bits per heavy atom. The van der Waals surface area contributed by atoms with Crippen LogP contribution in [0.1, 0.15) is 0 Å². The van der Waals surface area contributed by atoms with Crippen LogP contribution in [0.5, 0.6) is 0 Å². The summed E-state index contributed by atoms with van der Waals surface area (Å²) in [5.74, 6) is -0.234. The molecule has 0 bridgehead atoms. The zero-order valence-electron chi connectivity index (χ0n) is 11.3. The van der Waals surface area contributed by atoms with Gasteiger partial charge in [0, 0.05) is 40.6 Å². The van der Waals surface area contributed by atoms with Crippen molar-refractivity contribution < 1.29 is 4.79 Å². The van der Waals surface area contributed by atoms with Crippen molar-refractivity contribution in [1.82, 2.24) is 9.97 Å². The lowest BCUT2D eigenvalue weighted by molar-refractivity contribution is -0.111. The summed E-state index contributed by atoms with van der Waals surface area (Å²) in [5.41, 5.74) is 2.49. The maximum absolute atomic E-state index is 11.5. The van der Waals surface area contributed by atoms with Gasteiger partial charge in [-0.1, -0.05) is 18.7 Å². The van der Waals surface area contributed by atoms with Crippen molar-refractivity contribution in [1.29, 1.82) is 0 Å². The number of aromatic nitrogens is 2. The van der Waals surface area contributed by atoms with Crippen LogP contribution in [0.2, 0.25) is 0 Å². The summed E-state index contributed by atoms with van der Waals surface area (Å²) in [4.78, 5) is 20.1. The number of carbonyl (C=O) groups excluding carboxylic acids is 1. The summed E-state index contributed by atoms with van der Waals surface area (Å²) in [6.07, 6.45) is 6.53. The van der Waals surface area contributed by atoms with Gasteiger partial charge >= 0.3 is 0 Å². The van der Waals surface area contributed by atoms with Crippen molar-refractivity contribution >= 4 is 22.4 Å². The largest absolute Gasteiger partial charge is 0.322 e. The van der Waals surface area contributed by atoms with Gasteiger partial charge in [0.1, 0.15) is 0 Å². The Balaban J connectivity index is 2.13. The average Bonchev–Trinajstić information content (AvgIpc) is 2.55. The van der Waals surface area contributed by atoms with E-state index in [9.17, 15) is 4.79 Å². The van der Waals surface area contributed by atoms with E-state index < -0.39 is 0 Å². The fraction of sp³-hybridized carbons (Fsp3) is 0. The number of nitrogens with zero attached hydrogens (tertiary/aromatic N) is 2. The second kappa shape index (κ2) is 5.54. The first-order chi connectivity index (χ1) is 10.3. The minimum Gasteiger partial charge on any atom is -0.322 e. The normalized spacial score (nSPS) is 10.3. The van der Waals surface area contributed by atoms with E-state index in [1.807, 2.05) is 36.4 Å². The molecule has 4 nitrogen and oxygen atoms in total. The van der Waals surface area contributed by atoms with Gasteiger partial charge in [-0.15, -0.1) is 0 Å². The van der Waals surface area contributed by atoms with Gasteiger partial charge in [0.2, 0.25) is 5.91 Å². The molecule has 0 atom stereocenters. The molecular formula is C17H13N3O. The summed E-state index contributed by atoms with van der Waals surface area (Å²) in [6.45, 7) is 3.47. The number of rotatable bonds is 3. The second-order valence-electron chi connectivity index (χ2n) is 4.53. The van der Waals surface area contributed by atoms with Crippen LogP contribution in [0.25, 0.3) is 22.0 Å². The molecule has 0 saturated heterocycles. The number of nitrogens with one attached hydrogen (secondary N) is 1. The van der Waals surface area contributed by atoms with E-state index in [-0.39, 0.29) is 5.91 Å². The molecule has 1 amide bonds. The number of pyridine rings is 2. The highest BCUT2D eigenvalue weighted by atomic mass is 16.1. The summed E-state index contributed by atoms with van der Waals surface area (Å²) >= 11 is 0. The molecule has 0 aliphatic carbocycles. The van der Waals surface area contributed by atoms with Gasteiger partial charge in [0.05, 0.1) is 5.69 Å². The third-order valence-electron chi connectivity index (χ3n) is 3.16. The fourth-order valence-corrected chi connectivity index (χ4v) is 2.13. The molecule has 0 unspecified atom stereocenters. The number of benzene rings is 1. The van der Waals surface area contributed by atoms with Crippen LogP contribution in [-0.2, 0) is 4.79 Å². The van der Waals surface area contributed by atoms with E-state index in [2.05, 4.69) is 21.9 Å². The van der Waals surface area contributed by atoms with Gasteiger partial charge in [0.15, 0.2) is 0 Å². The van der Waals surface area contributed by atoms with E-state index in [4.69, 9.17) is 0 Å². The van der Waals surface area contributed by atoms with Gasteiger partial charge in [-0.05, 0) is 30.3 Å². The molecule has 0 aliphatic heterocycles. The number of fused-ring (bicyclic) bond motifs is 1. The summed E-state index contributed by atoms with van der Waals surface area (Å²) < 4.78 is 0. The molecule has 3 rings (SSSR count). The maximum Gasteiger partial charge on any atom is 0.247 e. The Labute approximate surface area is 122 Å². The minimum atomic E-state index is -0.234. The Morgan fingerprint density at radius 3 is 2.86 bits per heavy atom. The molecule has 2 aromatic heterocycles. The van der Waals surface area contributed by atoms with Crippen LogP contribution in [0.4, 0.5) is 5.69 Å². The third-order valence-corrected chi connectivity index (χ3v) is 3.16. The highest BCUT2D eigenvalue weighted by Gasteiger charge is 2.06. The Bertz CT molecular complexity index is 813. The van der Waals surface area contributed by atoms with E-state index in [1.54, 1.807) is 18.6 Å². The fourth-order valence-electron chi connectivity index (χ4n) is 2.13. The Hall–Kier alpha value is -3.01. The standard InChI is InChI=1S/C17H13N3O/c1-2-17(21)20-15-7-3-5-12-11-19-16(9-14(12)15)13-6-4-8-18-10-13/h2-11H,1H2,(H,20,21). The Morgan fingerprint density at radius 2 is 2.10 bits per heavy atom. The first-order valence-electron chi connectivity index (χ1n) is 6.50.